The molecule has 2 aliphatic rings. The van der Waals surface area contributed by atoms with Gasteiger partial charge >= 0.3 is 0 Å². The molecular formula is C14H23N3. The first-order valence-corrected chi connectivity index (χ1v) is 6.96. The Hall–Kier alpha value is -0.830. The number of rotatable bonds is 1. The van der Waals surface area contributed by atoms with Crippen molar-refractivity contribution in [3.8, 4) is 0 Å². The van der Waals surface area contributed by atoms with Gasteiger partial charge in [0.1, 0.15) is 5.82 Å². The van der Waals surface area contributed by atoms with Crippen LogP contribution in [0.1, 0.15) is 44.4 Å². The van der Waals surface area contributed by atoms with Gasteiger partial charge < -0.3 is 4.57 Å². The van der Waals surface area contributed by atoms with Gasteiger partial charge in [0.05, 0.1) is 11.4 Å². The molecule has 3 heteroatoms. The summed E-state index contributed by atoms with van der Waals surface area (Å²) in [4.78, 5) is 7.44. The predicted octanol–water partition coefficient (Wildman–Crippen LogP) is 2.23. The molecule has 0 saturated heterocycles. The van der Waals surface area contributed by atoms with Crippen molar-refractivity contribution < 1.29 is 0 Å². The molecular weight excluding hydrogens is 210 g/mol. The molecule has 94 valence electrons. The maximum atomic E-state index is 4.87. The number of fused-ring (bicyclic) bond motifs is 3. The van der Waals surface area contributed by atoms with Crippen molar-refractivity contribution in [3.63, 3.8) is 0 Å². The lowest BCUT2D eigenvalue weighted by molar-refractivity contribution is 0.195. The summed E-state index contributed by atoms with van der Waals surface area (Å²) >= 11 is 0. The molecule has 1 atom stereocenters. The lowest BCUT2D eigenvalue weighted by Crippen LogP contribution is -2.37. The molecule has 1 aromatic heterocycles. The maximum absolute atomic E-state index is 4.87. The third-order valence-electron chi connectivity index (χ3n) is 4.33. The summed E-state index contributed by atoms with van der Waals surface area (Å²) < 4.78 is 2.50. The van der Waals surface area contributed by atoms with Crippen LogP contribution < -0.4 is 0 Å². The molecule has 3 rings (SSSR count). The molecule has 0 bridgehead atoms. The third kappa shape index (κ3) is 1.90. The van der Waals surface area contributed by atoms with Gasteiger partial charge in [-0.05, 0) is 26.2 Å². The number of nitrogens with zero attached hydrogens (tertiary/aromatic N) is 3. The van der Waals surface area contributed by atoms with E-state index in [4.69, 9.17) is 4.98 Å². The summed E-state index contributed by atoms with van der Waals surface area (Å²) in [5.41, 5.74) is 2.89. The van der Waals surface area contributed by atoms with Crippen molar-refractivity contribution in [2.45, 2.75) is 59.2 Å². The fourth-order valence-electron chi connectivity index (χ4n) is 3.11. The van der Waals surface area contributed by atoms with Crippen LogP contribution in [0.15, 0.2) is 0 Å². The second kappa shape index (κ2) is 4.13. The Balaban J connectivity index is 1.92. The molecule has 0 aliphatic carbocycles. The molecule has 0 amide bonds. The highest BCUT2D eigenvalue weighted by atomic mass is 15.2. The van der Waals surface area contributed by atoms with Crippen molar-refractivity contribution in [2.75, 3.05) is 6.54 Å². The van der Waals surface area contributed by atoms with E-state index >= 15 is 0 Å². The summed E-state index contributed by atoms with van der Waals surface area (Å²) in [6, 6.07) is 0.650. The van der Waals surface area contributed by atoms with Gasteiger partial charge in [-0.2, -0.15) is 0 Å². The van der Waals surface area contributed by atoms with Crippen LogP contribution in [0, 0.1) is 5.92 Å². The van der Waals surface area contributed by atoms with Gasteiger partial charge in [0.25, 0.3) is 0 Å². The largest absolute Gasteiger partial charge is 0.331 e. The molecule has 2 aliphatic heterocycles. The van der Waals surface area contributed by atoms with Gasteiger partial charge in [0.15, 0.2) is 0 Å². The maximum Gasteiger partial charge on any atom is 0.109 e. The van der Waals surface area contributed by atoms with Crippen LogP contribution in [-0.4, -0.2) is 27.0 Å². The lowest BCUT2D eigenvalue weighted by atomic mass is 10.0. The monoisotopic (exact) mass is 233 g/mol. The summed E-state index contributed by atoms with van der Waals surface area (Å²) in [6.07, 6.45) is 3.63. The van der Waals surface area contributed by atoms with Crippen LogP contribution in [0.4, 0.5) is 0 Å². The average Bonchev–Trinajstić information content (AvgIpc) is 2.64. The van der Waals surface area contributed by atoms with E-state index in [-0.39, 0.29) is 0 Å². The van der Waals surface area contributed by atoms with E-state index in [2.05, 4.69) is 30.2 Å². The number of hydrogen-bond acceptors (Lipinski definition) is 2. The minimum atomic E-state index is 0.650. The van der Waals surface area contributed by atoms with Crippen LogP contribution in [-0.2, 0) is 25.9 Å². The Bertz CT molecular complexity index is 419. The van der Waals surface area contributed by atoms with Crippen molar-refractivity contribution in [3.05, 3.63) is 17.2 Å². The van der Waals surface area contributed by atoms with Gasteiger partial charge in [0, 0.05) is 38.5 Å². The third-order valence-corrected chi connectivity index (χ3v) is 4.33. The first-order chi connectivity index (χ1) is 8.15. The SMILES string of the molecule is CC1CCn2c(nc3c2CN(C(C)C)CC3)C1. The van der Waals surface area contributed by atoms with Crippen molar-refractivity contribution in [2.24, 2.45) is 5.92 Å². The average molecular weight is 233 g/mol. The smallest absolute Gasteiger partial charge is 0.109 e. The highest BCUT2D eigenvalue weighted by Crippen LogP contribution is 2.27. The Morgan fingerprint density at radius 1 is 1.29 bits per heavy atom. The van der Waals surface area contributed by atoms with Gasteiger partial charge in [0.2, 0.25) is 0 Å². The lowest BCUT2D eigenvalue weighted by Gasteiger charge is -2.31. The highest BCUT2D eigenvalue weighted by Gasteiger charge is 2.27. The Morgan fingerprint density at radius 3 is 2.88 bits per heavy atom. The van der Waals surface area contributed by atoms with E-state index in [1.807, 2.05) is 0 Å². The molecule has 0 spiro atoms. The zero-order valence-corrected chi connectivity index (χ0v) is 11.2. The number of imidazole rings is 1. The van der Waals surface area contributed by atoms with Crippen molar-refractivity contribution >= 4 is 0 Å². The highest BCUT2D eigenvalue weighted by molar-refractivity contribution is 5.21. The number of aromatic nitrogens is 2. The van der Waals surface area contributed by atoms with Crippen LogP contribution >= 0.6 is 0 Å². The summed E-state index contributed by atoms with van der Waals surface area (Å²) in [7, 11) is 0. The van der Waals surface area contributed by atoms with E-state index in [9.17, 15) is 0 Å². The molecule has 17 heavy (non-hydrogen) atoms. The van der Waals surface area contributed by atoms with Crippen LogP contribution in [0.2, 0.25) is 0 Å². The standard InChI is InChI=1S/C14H23N3/c1-10(2)16-6-5-12-13(9-16)17-7-4-11(3)8-14(17)15-12/h10-11H,4-9H2,1-3H3. The predicted molar refractivity (Wildman–Crippen MR) is 69.0 cm³/mol. The van der Waals surface area contributed by atoms with Gasteiger partial charge in [-0.15, -0.1) is 0 Å². The second-order valence-electron chi connectivity index (χ2n) is 5.99. The minimum absolute atomic E-state index is 0.650. The quantitative estimate of drug-likeness (QED) is 0.741. The topological polar surface area (TPSA) is 21.1 Å². The molecule has 1 aromatic rings. The molecule has 3 nitrogen and oxygen atoms in total. The Morgan fingerprint density at radius 2 is 2.12 bits per heavy atom. The Kier molecular flexibility index (Phi) is 2.74. The molecule has 0 saturated carbocycles. The van der Waals surface area contributed by atoms with Crippen molar-refractivity contribution in [1.29, 1.82) is 0 Å². The fourth-order valence-corrected chi connectivity index (χ4v) is 3.11. The van der Waals surface area contributed by atoms with E-state index in [1.165, 1.54) is 43.1 Å². The minimum Gasteiger partial charge on any atom is -0.331 e. The van der Waals surface area contributed by atoms with E-state index in [1.54, 1.807) is 0 Å². The molecule has 0 fully saturated rings. The zero-order chi connectivity index (χ0) is 12.0. The van der Waals surface area contributed by atoms with Crippen LogP contribution in [0.25, 0.3) is 0 Å². The van der Waals surface area contributed by atoms with E-state index < -0.39 is 0 Å². The summed E-state index contributed by atoms with van der Waals surface area (Å²) in [6.45, 7) is 10.4. The summed E-state index contributed by atoms with van der Waals surface area (Å²) in [5, 5.41) is 0. The second-order valence-corrected chi connectivity index (χ2v) is 5.99. The fraction of sp³-hybridized carbons (Fsp3) is 0.786. The molecule has 0 radical (unpaired) electrons. The molecule has 3 heterocycles. The van der Waals surface area contributed by atoms with Crippen molar-refractivity contribution in [1.82, 2.24) is 14.5 Å². The number of hydrogen-bond donors (Lipinski definition) is 0. The van der Waals surface area contributed by atoms with Crippen LogP contribution in [0.3, 0.4) is 0 Å². The summed E-state index contributed by atoms with van der Waals surface area (Å²) in [5.74, 6) is 2.16. The molecule has 1 unspecified atom stereocenters. The van der Waals surface area contributed by atoms with E-state index in [0.717, 1.165) is 18.9 Å². The Labute approximate surface area is 104 Å². The zero-order valence-electron chi connectivity index (χ0n) is 11.2. The van der Waals surface area contributed by atoms with Gasteiger partial charge in [-0.1, -0.05) is 6.92 Å². The molecule has 0 N–H and O–H groups in total. The van der Waals surface area contributed by atoms with Gasteiger partial charge in [-0.25, -0.2) is 4.98 Å². The first-order valence-electron chi connectivity index (χ1n) is 6.96. The first kappa shape index (κ1) is 11.3. The normalized spacial score (nSPS) is 24.8. The molecule has 0 aromatic carbocycles. The van der Waals surface area contributed by atoms with E-state index in [0.29, 0.717) is 6.04 Å². The van der Waals surface area contributed by atoms with Crippen LogP contribution in [0.5, 0.6) is 0 Å². The van der Waals surface area contributed by atoms with Gasteiger partial charge in [-0.3, -0.25) is 4.90 Å².